The molecule has 0 unspecified atom stereocenters. The maximum atomic E-state index is 12.6. The number of nitrogens with zero attached hydrogens (tertiary/aromatic N) is 4. The van der Waals surface area contributed by atoms with E-state index in [2.05, 4.69) is 4.98 Å². The second-order valence-electron chi connectivity index (χ2n) is 5.86. The van der Waals surface area contributed by atoms with Gasteiger partial charge in [0.15, 0.2) is 4.96 Å². The maximum Gasteiger partial charge on any atom is 0.274 e. The first-order valence-corrected chi connectivity index (χ1v) is 9.98. The third-order valence-corrected chi connectivity index (χ3v) is 7.06. The highest BCUT2D eigenvalue weighted by Crippen LogP contribution is 2.16. The van der Waals surface area contributed by atoms with E-state index in [0.29, 0.717) is 38.3 Å². The van der Waals surface area contributed by atoms with Gasteiger partial charge in [-0.05, 0) is 20.3 Å². The largest absolute Gasteiger partial charge is 0.336 e. The van der Waals surface area contributed by atoms with Gasteiger partial charge in [0.1, 0.15) is 5.69 Å². The molecule has 7 nitrogen and oxygen atoms in total. The number of amides is 1. The Morgan fingerprint density at radius 1 is 1.26 bits per heavy atom. The van der Waals surface area contributed by atoms with Gasteiger partial charge in [0, 0.05) is 44.0 Å². The lowest BCUT2D eigenvalue weighted by Gasteiger charge is -2.23. The minimum absolute atomic E-state index is 0.135. The number of aromatic nitrogens is 2. The molecular formula is C14H20N4O3S2. The van der Waals surface area contributed by atoms with E-state index in [1.54, 1.807) is 24.9 Å². The second-order valence-corrected chi connectivity index (χ2v) is 9.22. The molecule has 23 heavy (non-hydrogen) atoms. The summed E-state index contributed by atoms with van der Waals surface area (Å²) in [7, 11) is -3.27. The molecular weight excluding hydrogens is 336 g/mol. The van der Waals surface area contributed by atoms with Gasteiger partial charge in [0.05, 0.1) is 5.25 Å². The maximum absolute atomic E-state index is 12.6. The summed E-state index contributed by atoms with van der Waals surface area (Å²) in [5.41, 5.74) is 0.414. The summed E-state index contributed by atoms with van der Waals surface area (Å²) >= 11 is 1.48. The molecule has 0 spiro atoms. The Morgan fingerprint density at radius 3 is 2.74 bits per heavy atom. The van der Waals surface area contributed by atoms with E-state index in [-0.39, 0.29) is 5.91 Å². The Kier molecular flexibility index (Phi) is 4.43. The molecule has 0 radical (unpaired) electrons. The molecule has 0 saturated carbocycles. The third-order valence-electron chi connectivity index (χ3n) is 4.01. The Labute approximate surface area is 139 Å². The van der Waals surface area contributed by atoms with Gasteiger partial charge in [-0.25, -0.2) is 13.4 Å². The minimum atomic E-state index is -3.27. The van der Waals surface area contributed by atoms with Crippen molar-refractivity contribution in [2.45, 2.75) is 25.5 Å². The average Bonchev–Trinajstić information content (AvgIpc) is 2.99. The van der Waals surface area contributed by atoms with Gasteiger partial charge < -0.3 is 4.90 Å². The summed E-state index contributed by atoms with van der Waals surface area (Å²) in [6.07, 6.45) is 4.23. The molecule has 1 saturated heterocycles. The zero-order valence-electron chi connectivity index (χ0n) is 13.2. The predicted octanol–water partition coefficient (Wildman–Crippen LogP) is 1.28. The molecule has 0 N–H and O–H groups in total. The van der Waals surface area contributed by atoms with Crippen LogP contribution in [-0.4, -0.2) is 64.3 Å². The number of fused-ring (bicyclic) bond motifs is 1. The minimum Gasteiger partial charge on any atom is -0.336 e. The topological polar surface area (TPSA) is 75.0 Å². The fraction of sp³-hybridized carbons (Fsp3) is 0.571. The lowest BCUT2D eigenvalue weighted by Crippen LogP contribution is -2.40. The van der Waals surface area contributed by atoms with E-state index in [9.17, 15) is 13.2 Å². The van der Waals surface area contributed by atoms with Gasteiger partial charge in [-0.3, -0.25) is 9.20 Å². The van der Waals surface area contributed by atoms with Crippen molar-refractivity contribution in [3.63, 3.8) is 0 Å². The standard InChI is InChI=1S/C14H20N4O3S2/c1-11(2)23(20,21)18-5-3-4-16(6-7-18)13(19)12-10-17-8-9-22-14(17)15-12/h8-11H,3-7H2,1-2H3. The molecule has 3 heterocycles. The first-order chi connectivity index (χ1) is 10.9. The van der Waals surface area contributed by atoms with Crippen molar-refractivity contribution < 1.29 is 13.2 Å². The van der Waals surface area contributed by atoms with E-state index in [1.807, 2.05) is 16.0 Å². The van der Waals surface area contributed by atoms with E-state index >= 15 is 0 Å². The zero-order chi connectivity index (χ0) is 16.6. The van der Waals surface area contributed by atoms with E-state index in [0.717, 1.165) is 4.96 Å². The van der Waals surface area contributed by atoms with Crippen molar-refractivity contribution in [1.82, 2.24) is 18.6 Å². The molecule has 2 aromatic heterocycles. The number of carbonyl (C=O) groups is 1. The summed E-state index contributed by atoms with van der Waals surface area (Å²) < 4.78 is 27.9. The SMILES string of the molecule is CC(C)S(=O)(=O)N1CCCN(C(=O)c2cn3ccsc3n2)CC1. The van der Waals surface area contributed by atoms with Crippen molar-refractivity contribution >= 4 is 32.2 Å². The molecule has 1 aliphatic rings. The van der Waals surface area contributed by atoms with Gasteiger partial charge in [0.2, 0.25) is 10.0 Å². The number of carbonyl (C=O) groups excluding carboxylic acids is 1. The van der Waals surface area contributed by atoms with Crippen LogP contribution in [0.1, 0.15) is 30.8 Å². The van der Waals surface area contributed by atoms with Crippen molar-refractivity contribution in [1.29, 1.82) is 0 Å². The smallest absolute Gasteiger partial charge is 0.274 e. The Hall–Kier alpha value is -1.45. The quantitative estimate of drug-likeness (QED) is 0.830. The monoisotopic (exact) mass is 356 g/mol. The lowest BCUT2D eigenvalue weighted by molar-refractivity contribution is 0.0759. The van der Waals surface area contributed by atoms with Crippen LogP contribution in [0.2, 0.25) is 0 Å². The Morgan fingerprint density at radius 2 is 2.04 bits per heavy atom. The molecule has 1 aliphatic heterocycles. The highest BCUT2D eigenvalue weighted by molar-refractivity contribution is 7.89. The number of imidazole rings is 1. The summed E-state index contributed by atoms with van der Waals surface area (Å²) in [6, 6.07) is 0. The molecule has 9 heteroatoms. The highest BCUT2D eigenvalue weighted by atomic mass is 32.2. The van der Waals surface area contributed by atoms with Crippen molar-refractivity contribution in [2.75, 3.05) is 26.2 Å². The Balaban J connectivity index is 1.72. The fourth-order valence-electron chi connectivity index (χ4n) is 2.64. The van der Waals surface area contributed by atoms with E-state index < -0.39 is 15.3 Å². The molecule has 1 amide bonds. The normalized spacial score (nSPS) is 17.8. The average molecular weight is 356 g/mol. The van der Waals surface area contributed by atoms with Gasteiger partial charge in [-0.2, -0.15) is 4.31 Å². The van der Waals surface area contributed by atoms with Gasteiger partial charge >= 0.3 is 0 Å². The lowest BCUT2D eigenvalue weighted by atomic mass is 10.3. The molecule has 0 atom stereocenters. The van der Waals surface area contributed by atoms with Crippen LogP contribution >= 0.6 is 11.3 Å². The van der Waals surface area contributed by atoms with Gasteiger partial charge in [-0.15, -0.1) is 11.3 Å². The number of hydrogen-bond donors (Lipinski definition) is 0. The molecule has 0 aliphatic carbocycles. The second kappa shape index (κ2) is 6.21. The third kappa shape index (κ3) is 3.13. The van der Waals surface area contributed by atoms with Crippen LogP contribution in [0.25, 0.3) is 4.96 Å². The van der Waals surface area contributed by atoms with Gasteiger partial charge in [-0.1, -0.05) is 0 Å². The van der Waals surface area contributed by atoms with E-state index in [1.165, 1.54) is 15.6 Å². The van der Waals surface area contributed by atoms with Crippen LogP contribution in [-0.2, 0) is 10.0 Å². The van der Waals surface area contributed by atoms with Crippen LogP contribution in [0, 0.1) is 0 Å². The summed E-state index contributed by atoms with van der Waals surface area (Å²) in [6.45, 7) is 5.11. The first kappa shape index (κ1) is 16.4. The van der Waals surface area contributed by atoms with Crippen LogP contribution in [0.5, 0.6) is 0 Å². The van der Waals surface area contributed by atoms with Crippen LogP contribution in [0.3, 0.4) is 0 Å². The van der Waals surface area contributed by atoms with Crippen molar-refractivity contribution in [2.24, 2.45) is 0 Å². The fourth-order valence-corrected chi connectivity index (χ4v) is 4.66. The van der Waals surface area contributed by atoms with Crippen LogP contribution < -0.4 is 0 Å². The number of rotatable bonds is 3. The molecule has 3 rings (SSSR count). The Bertz CT molecular complexity index is 780. The number of thiazole rings is 1. The van der Waals surface area contributed by atoms with Crippen LogP contribution in [0.4, 0.5) is 0 Å². The van der Waals surface area contributed by atoms with Crippen molar-refractivity contribution in [3.05, 3.63) is 23.5 Å². The first-order valence-electron chi connectivity index (χ1n) is 7.60. The highest BCUT2D eigenvalue weighted by Gasteiger charge is 2.29. The van der Waals surface area contributed by atoms with Gasteiger partial charge in [0.25, 0.3) is 5.91 Å². The molecule has 0 aromatic carbocycles. The molecule has 1 fully saturated rings. The van der Waals surface area contributed by atoms with Crippen LogP contribution in [0.15, 0.2) is 17.8 Å². The predicted molar refractivity (Wildman–Crippen MR) is 89.2 cm³/mol. The molecule has 126 valence electrons. The summed E-state index contributed by atoms with van der Waals surface area (Å²) in [5, 5.41) is 1.47. The summed E-state index contributed by atoms with van der Waals surface area (Å²) in [4.78, 5) is 19.4. The van der Waals surface area contributed by atoms with E-state index in [4.69, 9.17) is 0 Å². The van der Waals surface area contributed by atoms with Crippen molar-refractivity contribution in [3.8, 4) is 0 Å². The zero-order valence-corrected chi connectivity index (χ0v) is 14.8. The number of sulfonamides is 1. The number of hydrogen-bond acceptors (Lipinski definition) is 5. The summed E-state index contributed by atoms with van der Waals surface area (Å²) in [5.74, 6) is -0.135. The molecule has 2 aromatic rings. The molecule has 0 bridgehead atoms.